The van der Waals surface area contributed by atoms with Gasteiger partial charge in [0.2, 0.25) is 0 Å². The molecule has 2 rings (SSSR count). The van der Waals surface area contributed by atoms with E-state index < -0.39 is 0 Å². The summed E-state index contributed by atoms with van der Waals surface area (Å²) < 4.78 is 0. The van der Waals surface area contributed by atoms with Crippen molar-refractivity contribution < 1.29 is 0 Å². The molecule has 70 valence electrons. The molecular weight excluding hydrogens is 337 g/mol. The number of hydrogen-bond donors (Lipinski definition) is 0. The molecule has 2 heterocycles. The van der Waals surface area contributed by atoms with Crippen LogP contribution in [0.15, 0.2) is 0 Å². The Morgan fingerprint density at radius 1 is 0.417 bits per heavy atom. The van der Waals surface area contributed by atoms with Crippen molar-refractivity contribution in [3.63, 3.8) is 0 Å². The predicted molar refractivity (Wildman–Crippen MR) is 99.7 cm³/mol. The zero-order valence-electron chi connectivity index (χ0n) is 8.23. The molecule has 2 saturated heterocycles. The fourth-order valence-corrected chi connectivity index (χ4v) is 780. The van der Waals surface area contributed by atoms with E-state index in [0.717, 1.165) is 85.5 Å². The zero-order valence-corrected chi connectivity index (χ0v) is 24.7. The van der Waals surface area contributed by atoms with Gasteiger partial charge in [-0.2, -0.15) is 0 Å². The summed E-state index contributed by atoms with van der Waals surface area (Å²) in [5, 5.41) is 0. The number of hydrogen-bond acceptors (Lipinski definition) is 0. The van der Waals surface area contributed by atoms with Gasteiger partial charge < -0.3 is 0 Å². The first kappa shape index (κ1) is 11.1. The van der Waals surface area contributed by atoms with Crippen LogP contribution in [0.1, 0.15) is 0 Å². The lowest BCUT2D eigenvalue weighted by atomic mass is 25.8. The van der Waals surface area contributed by atoms with Crippen LogP contribution < -0.4 is 0 Å². The first-order chi connectivity index (χ1) is 5.97. The van der Waals surface area contributed by atoms with Crippen LogP contribution in [-0.4, -0.2) is 100 Å². The van der Waals surface area contributed by atoms with E-state index in [1.807, 2.05) is 0 Å². The SMILES string of the molecule is [SiH2]1[SiH2][SiH2][SiH]([SiH]2[SiH2][SiH2][SiH2][SiH2][SiH2]2)[SiH2][SiH2]1. The van der Waals surface area contributed by atoms with Crippen molar-refractivity contribution in [3.05, 3.63) is 0 Å². The van der Waals surface area contributed by atoms with Gasteiger partial charge in [0.15, 0.2) is 0 Å². The van der Waals surface area contributed by atoms with Crippen LogP contribution in [0, 0.1) is 0 Å². The highest BCUT2D eigenvalue weighted by Crippen LogP contribution is 1.91. The third-order valence-corrected chi connectivity index (χ3v) is 321. The van der Waals surface area contributed by atoms with Gasteiger partial charge in [-0.25, -0.2) is 0 Å². The first-order valence-electron chi connectivity index (χ1n) is 5.97. The van der Waals surface area contributed by atoms with Crippen LogP contribution in [0.25, 0.3) is 0 Å². The summed E-state index contributed by atoms with van der Waals surface area (Å²) in [6, 6.07) is 0. The van der Waals surface area contributed by atoms with Gasteiger partial charge in [-0.15, -0.1) is 0 Å². The van der Waals surface area contributed by atoms with Crippen LogP contribution in [0.2, 0.25) is 0 Å². The molecule has 2 fully saturated rings. The average molecular weight is 359 g/mol. The monoisotopic (exact) mass is 358 g/mol. The third kappa shape index (κ3) is 3.32. The summed E-state index contributed by atoms with van der Waals surface area (Å²) in [5.41, 5.74) is 0. The minimum absolute atomic E-state index is 0.582. The standard InChI is InChI=1S/H22Si12/c1-3-7-11(8-4-1)12-9-5-2-6-10-12/h11-12H,1-10H2. The van der Waals surface area contributed by atoms with Gasteiger partial charge in [-0.05, 0) is 100 Å². The molecule has 0 aromatic rings. The third-order valence-electron chi connectivity index (χ3n) is 3.97. The van der Waals surface area contributed by atoms with Gasteiger partial charge in [-0.3, -0.25) is 0 Å². The highest BCUT2D eigenvalue weighted by molar-refractivity contribution is 8.04. The molecular formula is H22Si12. The molecule has 0 nitrogen and oxygen atoms in total. The molecule has 2 aliphatic heterocycles. The summed E-state index contributed by atoms with van der Waals surface area (Å²) in [5.74, 6) is 0. The maximum absolute atomic E-state index is 1.00. The van der Waals surface area contributed by atoms with E-state index in [1.54, 1.807) is 0 Å². The van der Waals surface area contributed by atoms with E-state index >= 15 is 0 Å². The Hall–Kier alpha value is 2.60. The van der Waals surface area contributed by atoms with Crippen molar-refractivity contribution >= 4 is 100 Å². The second-order valence-corrected chi connectivity index (χ2v) is 129. The fraction of sp³-hybridized carbons (Fsp3) is 0. The summed E-state index contributed by atoms with van der Waals surface area (Å²) in [6.07, 6.45) is 0. The van der Waals surface area contributed by atoms with Crippen molar-refractivity contribution in [2.24, 2.45) is 0 Å². The van der Waals surface area contributed by atoms with Crippen LogP contribution in [0.5, 0.6) is 0 Å². The van der Waals surface area contributed by atoms with Gasteiger partial charge in [0.05, 0.1) is 0 Å². The lowest BCUT2D eigenvalue weighted by Gasteiger charge is -2.29. The molecule has 0 atom stereocenters. The molecule has 0 spiro atoms. The molecule has 0 aromatic carbocycles. The second kappa shape index (κ2) is 6.24. The average Bonchev–Trinajstić information content (AvgIpc) is 2.21. The van der Waals surface area contributed by atoms with Crippen molar-refractivity contribution in [3.8, 4) is 0 Å². The van der Waals surface area contributed by atoms with E-state index in [2.05, 4.69) is 0 Å². The van der Waals surface area contributed by atoms with Gasteiger partial charge in [0.1, 0.15) is 0 Å². The second-order valence-electron chi connectivity index (χ2n) is 4.80. The van der Waals surface area contributed by atoms with E-state index in [0.29, 0.717) is 14.7 Å². The van der Waals surface area contributed by atoms with Gasteiger partial charge in [0, 0.05) is 0 Å². The van der Waals surface area contributed by atoms with Crippen molar-refractivity contribution in [1.29, 1.82) is 0 Å². The first-order valence-corrected chi connectivity index (χ1v) is 53.7. The quantitative estimate of drug-likeness (QED) is 0.408. The summed E-state index contributed by atoms with van der Waals surface area (Å²) >= 11 is 0. The smallest absolute Gasteiger partial charge is 0.00647 e. The Morgan fingerprint density at radius 3 is 1.08 bits per heavy atom. The van der Waals surface area contributed by atoms with Gasteiger partial charge >= 0.3 is 0 Å². The Labute approximate surface area is 99.3 Å². The molecule has 0 saturated carbocycles. The molecule has 0 unspecified atom stereocenters. The number of rotatable bonds is 1. The largest absolute Gasteiger partial charge is 0.00934 e. The van der Waals surface area contributed by atoms with Crippen molar-refractivity contribution in [2.75, 3.05) is 0 Å². The van der Waals surface area contributed by atoms with Crippen LogP contribution >= 0.6 is 0 Å². The highest BCUT2D eigenvalue weighted by Gasteiger charge is 2.28. The zero-order chi connectivity index (χ0) is 8.23. The molecule has 0 N–H and O–H groups in total. The summed E-state index contributed by atoms with van der Waals surface area (Å²) in [4.78, 5) is 0. The molecule has 0 aromatic heterocycles. The maximum atomic E-state index is 1.00. The van der Waals surface area contributed by atoms with Crippen LogP contribution in [0.3, 0.4) is 0 Å². The molecule has 0 amide bonds. The minimum atomic E-state index is 0.582. The Balaban J connectivity index is 1.80. The lowest BCUT2D eigenvalue weighted by molar-refractivity contribution is 3.48. The maximum Gasteiger partial charge on any atom is -0.00647 e. The molecule has 12 heavy (non-hydrogen) atoms. The fourth-order valence-electron chi connectivity index (χ4n) is 3.21. The van der Waals surface area contributed by atoms with E-state index in [9.17, 15) is 0 Å². The minimum Gasteiger partial charge on any atom is -0.00934 e. The van der Waals surface area contributed by atoms with Crippen LogP contribution in [0.4, 0.5) is 0 Å². The Kier molecular flexibility index (Phi) is 5.77. The normalized spacial score (nSPS) is 58.0. The Morgan fingerprint density at radius 2 is 0.750 bits per heavy atom. The van der Waals surface area contributed by atoms with E-state index in [4.69, 9.17) is 0 Å². The lowest BCUT2D eigenvalue weighted by Crippen LogP contribution is -2.66. The molecule has 0 bridgehead atoms. The van der Waals surface area contributed by atoms with Crippen LogP contribution in [-0.2, 0) is 0 Å². The van der Waals surface area contributed by atoms with Gasteiger partial charge in [-0.1, -0.05) is 0 Å². The van der Waals surface area contributed by atoms with E-state index in [-0.39, 0.29) is 0 Å². The van der Waals surface area contributed by atoms with E-state index in [1.165, 1.54) is 0 Å². The topological polar surface area (TPSA) is 0 Å². The summed E-state index contributed by atoms with van der Waals surface area (Å²) in [7, 11) is 11.0. The summed E-state index contributed by atoms with van der Waals surface area (Å²) in [6.45, 7) is 0. The molecule has 12 heteroatoms. The van der Waals surface area contributed by atoms with Crippen molar-refractivity contribution in [2.45, 2.75) is 0 Å². The molecule has 0 radical (unpaired) electrons. The van der Waals surface area contributed by atoms with Crippen molar-refractivity contribution in [1.82, 2.24) is 0 Å². The highest BCUT2D eigenvalue weighted by atomic mass is 30.4. The predicted octanol–water partition coefficient (Wildman–Crippen LogP) is -10.5. The Bertz CT molecular complexity index is 100. The van der Waals surface area contributed by atoms with Gasteiger partial charge in [0.25, 0.3) is 0 Å². The molecule has 0 aliphatic carbocycles. The molecule has 2 aliphatic rings.